The van der Waals surface area contributed by atoms with Crippen LogP contribution < -0.4 is 5.32 Å². The highest BCUT2D eigenvalue weighted by Gasteiger charge is 2.33. The number of amides is 1. The predicted octanol–water partition coefficient (Wildman–Crippen LogP) is 0.880. The van der Waals surface area contributed by atoms with Crippen molar-refractivity contribution in [1.29, 1.82) is 0 Å². The van der Waals surface area contributed by atoms with Crippen molar-refractivity contribution in [3.05, 3.63) is 0 Å². The highest BCUT2D eigenvalue weighted by molar-refractivity contribution is 9.09. The van der Waals surface area contributed by atoms with Gasteiger partial charge in [-0.1, -0.05) is 15.9 Å². The van der Waals surface area contributed by atoms with Crippen LogP contribution in [0, 0.1) is 0 Å². The SMILES string of the molecule is CC1(CBr)CNC(=O)O1. The van der Waals surface area contributed by atoms with Crippen LogP contribution in [0.1, 0.15) is 6.92 Å². The lowest BCUT2D eigenvalue weighted by Crippen LogP contribution is -2.30. The molecule has 0 aromatic carbocycles. The maximum absolute atomic E-state index is 10.5. The molecule has 1 aliphatic heterocycles. The number of carbonyl (C=O) groups excluding carboxylic acids is 1. The fourth-order valence-electron chi connectivity index (χ4n) is 0.630. The van der Waals surface area contributed by atoms with E-state index in [1.165, 1.54) is 0 Å². The number of ether oxygens (including phenoxy) is 1. The van der Waals surface area contributed by atoms with E-state index >= 15 is 0 Å². The monoisotopic (exact) mass is 193 g/mol. The van der Waals surface area contributed by atoms with Gasteiger partial charge in [0, 0.05) is 5.33 Å². The summed E-state index contributed by atoms with van der Waals surface area (Å²) >= 11 is 3.24. The van der Waals surface area contributed by atoms with E-state index in [-0.39, 0.29) is 11.7 Å². The van der Waals surface area contributed by atoms with E-state index in [1.807, 2.05) is 6.92 Å². The normalized spacial score (nSPS) is 33.8. The molecule has 0 aromatic heterocycles. The van der Waals surface area contributed by atoms with Crippen LogP contribution in [0.3, 0.4) is 0 Å². The van der Waals surface area contributed by atoms with Crippen LogP contribution in [-0.4, -0.2) is 23.6 Å². The number of hydrogen-bond acceptors (Lipinski definition) is 2. The number of carbonyl (C=O) groups is 1. The molecule has 1 N–H and O–H groups in total. The molecule has 4 heteroatoms. The quantitative estimate of drug-likeness (QED) is 0.629. The van der Waals surface area contributed by atoms with E-state index in [1.54, 1.807) is 0 Å². The first-order valence-corrected chi connectivity index (χ1v) is 3.81. The summed E-state index contributed by atoms with van der Waals surface area (Å²) in [4.78, 5) is 10.5. The highest BCUT2D eigenvalue weighted by atomic mass is 79.9. The molecule has 1 fully saturated rings. The number of hydrogen-bond donors (Lipinski definition) is 1. The van der Waals surface area contributed by atoms with Crippen molar-refractivity contribution in [2.45, 2.75) is 12.5 Å². The van der Waals surface area contributed by atoms with Gasteiger partial charge < -0.3 is 10.1 Å². The highest BCUT2D eigenvalue weighted by Crippen LogP contribution is 2.17. The van der Waals surface area contributed by atoms with E-state index in [9.17, 15) is 4.79 Å². The minimum atomic E-state index is -0.336. The zero-order chi connectivity index (χ0) is 6.91. The smallest absolute Gasteiger partial charge is 0.407 e. The van der Waals surface area contributed by atoms with Crippen LogP contribution >= 0.6 is 15.9 Å². The second-order valence-corrected chi connectivity index (χ2v) is 2.89. The van der Waals surface area contributed by atoms with Gasteiger partial charge in [-0.2, -0.15) is 0 Å². The average molecular weight is 194 g/mol. The van der Waals surface area contributed by atoms with Crippen LogP contribution in [-0.2, 0) is 4.74 Å². The molecule has 0 saturated carbocycles. The molecular weight excluding hydrogens is 186 g/mol. The van der Waals surface area contributed by atoms with Gasteiger partial charge in [0.05, 0.1) is 6.54 Å². The first-order valence-electron chi connectivity index (χ1n) is 2.69. The summed E-state index contributed by atoms with van der Waals surface area (Å²) in [6.45, 7) is 2.47. The van der Waals surface area contributed by atoms with Gasteiger partial charge >= 0.3 is 6.09 Å². The summed E-state index contributed by atoms with van der Waals surface area (Å²) in [6, 6.07) is 0. The first kappa shape index (κ1) is 6.86. The van der Waals surface area contributed by atoms with Crippen LogP contribution in [0.4, 0.5) is 4.79 Å². The van der Waals surface area contributed by atoms with Crippen LogP contribution in [0.2, 0.25) is 0 Å². The van der Waals surface area contributed by atoms with Gasteiger partial charge in [0.15, 0.2) is 0 Å². The van der Waals surface area contributed by atoms with E-state index in [4.69, 9.17) is 4.74 Å². The lowest BCUT2D eigenvalue weighted by atomic mass is 10.1. The molecule has 0 spiro atoms. The lowest BCUT2D eigenvalue weighted by Gasteiger charge is -2.16. The molecule has 1 aliphatic rings. The Hall–Kier alpha value is -0.250. The number of halogens is 1. The topological polar surface area (TPSA) is 38.3 Å². The van der Waals surface area contributed by atoms with Crippen molar-refractivity contribution in [3.8, 4) is 0 Å². The lowest BCUT2D eigenvalue weighted by molar-refractivity contribution is 0.0913. The van der Waals surface area contributed by atoms with E-state index < -0.39 is 0 Å². The largest absolute Gasteiger partial charge is 0.440 e. The summed E-state index contributed by atoms with van der Waals surface area (Å²) in [6.07, 6.45) is -0.322. The van der Waals surface area contributed by atoms with Crippen molar-refractivity contribution in [2.24, 2.45) is 0 Å². The third-order valence-electron chi connectivity index (χ3n) is 1.23. The second-order valence-electron chi connectivity index (χ2n) is 2.33. The van der Waals surface area contributed by atoms with Crippen molar-refractivity contribution >= 4 is 22.0 Å². The molecule has 1 unspecified atom stereocenters. The Morgan fingerprint density at radius 1 is 2.00 bits per heavy atom. The molecule has 3 nitrogen and oxygen atoms in total. The van der Waals surface area contributed by atoms with Gasteiger partial charge in [0.25, 0.3) is 0 Å². The average Bonchev–Trinajstić information content (AvgIpc) is 2.13. The summed E-state index contributed by atoms with van der Waals surface area (Å²) < 4.78 is 4.90. The maximum Gasteiger partial charge on any atom is 0.407 e. The van der Waals surface area contributed by atoms with Crippen LogP contribution in [0.5, 0.6) is 0 Å². The molecule has 1 saturated heterocycles. The Balaban J connectivity index is 2.54. The van der Waals surface area contributed by atoms with Gasteiger partial charge in [0.1, 0.15) is 5.60 Å². The minimum absolute atomic E-state index is 0.322. The molecule has 0 radical (unpaired) electrons. The number of cyclic esters (lactones) is 1. The number of alkyl carbamates (subject to hydrolysis) is 1. The molecule has 1 rings (SSSR count). The van der Waals surface area contributed by atoms with Crippen molar-refractivity contribution in [1.82, 2.24) is 5.32 Å². The van der Waals surface area contributed by atoms with E-state index in [0.29, 0.717) is 11.9 Å². The Morgan fingerprint density at radius 3 is 2.89 bits per heavy atom. The molecule has 1 atom stereocenters. The molecule has 1 heterocycles. The number of alkyl halides is 1. The van der Waals surface area contributed by atoms with Gasteiger partial charge in [-0.15, -0.1) is 0 Å². The van der Waals surface area contributed by atoms with E-state index in [0.717, 1.165) is 0 Å². The van der Waals surface area contributed by atoms with Crippen LogP contribution in [0.25, 0.3) is 0 Å². The summed E-state index contributed by atoms with van der Waals surface area (Å²) in [5.41, 5.74) is -0.336. The van der Waals surface area contributed by atoms with Gasteiger partial charge in [-0.25, -0.2) is 4.79 Å². The van der Waals surface area contributed by atoms with Gasteiger partial charge in [0.2, 0.25) is 0 Å². The van der Waals surface area contributed by atoms with Crippen molar-refractivity contribution < 1.29 is 9.53 Å². The molecule has 0 aromatic rings. The predicted molar refractivity (Wildman–Crippen MR) is 36.7 cm³/mol. The number of nitrogens with one attached hydrogen (secondary N) is 1. The Labute approximate surface area is 61.9 Å². The Kier molecular flexibility index (Phi) is 1.66. The fourth-order valence-corrected chi connectivity index (χ4v) is 0.942. The molecular formula is C5H8BrNO2. The van der Waals surface area contributed by atoms with Gasteiger partial charge in [-0.3, -0.25) is 0 Å². The zero-order valence-corrected chi connectivity index (χ0v) is 6.69. The Bertz CT molecular complexity index is 139. The minimum Gasteiger partial charge on any atom is -0.440 e. The molecule has 52 valence electrons. The molecule has 0 aliphatic carbocycles. The first-order chi connectivity index (χ1) is 4.16. The summed E-state index contributed by atoms with van der Waals surface area (Å²) in [5.74, 6) is 0. The third-order valence-corrected chi connectivity index (χ3v) is 2.41. The molecule has 1 amide bonds. The zero-order valence-electron chi connectivity index (χ0n) is 5.11. The van der Waals surface area contributed by atoms with Crippen molar-refractivity contribution in [2.75, 3.05) is 11.9 Å². The summed E-state index contributed by atoms with van der Waals surface area (Å²) in [5, 5.41) is 3.25. The van der Waals surface area contributed by atoms with E-state index in [2.05, 4.69) is 21.2 Å². The maximum atomic E-state index is 10.5. The van der Waals surface area contributed by atoms with Gasteiger partial charge in [-0.05, 0) is 6.92 Å². The Morgan fingerprint density at radius 2 is 2.67 bits per heavy atom. The number of rotatable bonds is 1. The van der Waals surface area contributed by atoms with Crippen LogP contribution in [0.15, 0.2) is 0 Å². The molecule has 0 bridgehead atoms. The summed E-state index contributed by atoms with van der Waals surface area (Å²) in [7, 11) is 0. The fraction of sp³-hybridized carbons (Fsp3) is 0.800. The standard InChI is InChI=1S/C5H8BrNO2/c1-5(2-6)3-7-4(8)9-5/h2-3H2,1H3,(H,7,8). The van der Waals surface area contributed by atoms with Crippen molar-refractivity contribution in [3.63, 3.8) is 0 Å². The molecule has 9 heavy (non-hydrogen) atoms. The second kappa shape index (κ2) is 2.17. The third kappa shape index (κ3) is 1.36.